The van der Waals surface area contributed by atoms with Crippen molar-refractivity contribution in [2.45, 2.75) is 117 Å². The number of carbonyl (C=O) groups excluding carboxylic acids is 6. The molecule has 0 saturated carbocycles. The third-order valence-electron chi connectivity index (χ3n) is 13.3. The van der Waals surface area contributed by atoms with E-state index in [-0.39, 0.29) is 73.3 Å². The minimum absolute atomic E-state index is 0.0154. The Hall–Kier alpha value is -5.90. The minimum atomic E-state index is -0.931. The molecule has 2 aliphatic heterocycles. The zero-order chi connectivity index (χ0) is 50.3. The summed E-state index contributed by atoms with van der Waals surface area (Å²) >= 11 is 0. The molecule has 5 atom stereocenters. The summed E-state index contributed by atoms with van der Waals surface area (Å²) in [7, 11) is 1.77. The molecule has 6 rings (SSSR count). The molecule has 3 heterocycles. The number of epoxide rings is 1. The van der Waals surface area contributed by atoms with Gasteiger partial charge in [0.05, 0.1) is 44.0 Å². The van der Waals surface area contributed by atoms with Gasteiger partial charge in [-0.3, -0.25) is 33.4 Å². The van der Waals surface area contributed by atoms with Gasteiger partial charge in [-0.25, -0.2) is 0 Å². The number of ketones is 3. The fourth-order valence-corrected chi connectivity index (χ4v) is 9.28. The largest absolute Gasteiger partial charge is 0.427 e. The Bertz CT molecular complexity index is 2360. The van der Waals surface area contributed by atoms with Crippen molar-refractivity contribution in [3.8, 4) is 5.75 Å². The fourth-order valence-electron chi connectivity index (χ4n) is 9.28. The Kier molecular flexibility index (Phi) is 19.3. The zero-order valence-corrected chi connectivity index (χ0v) is 41.9. The maximum Gasteiger partial charge on any atom is 0.311 e. The summed E-state index contributed by atoms with van der Waals surface area (Å²) in [5.41, 5.74) is 2.65. The predicted octanol–water partition coefficient (Wildman–Crippen LogP) is 6.15. The molecular formula is C55H73N6O9+. The third kappa shape index (κ3) is 16.6. The van der Waals surface area contributed by atoms with E-state index >= 15 is 0 Å². The van der Waals surface area contributed by atoms with Crippen LogP contribution in [0.4, 0.5) is 0 Å². The molecule has 376 valence electrons. The van der Waals surface area contributed by atoms with E-state index in [4.69, 9.17) is 14.2 Å². The van der Waals surface area contributed by atoms with Gasteiger partial charge in [-0.2, -0.15) is 0 Å². The molecule has 0 radical (unpaired) electrons. The molecule has 15 nitrogen and oxygen atoms in total. The molecule has 15 heteroatoms. The van der Waals surface area contributed by atoms with Crippen LogP contribution in [0.1, 0.15) is 95.5 Å². The van der Waals surface area contributed by atoms with E-state index in [2.05, 4.69) is 20.9 Å². The number of benzene rings is 3. The third-order valence-corrected chi connectivity index (χ3v) is 13.3. The molecule has 1 aromatic heterocycles. The quantitative estimate of drug-likeness (QED) is 0.0288. The number of quaternary nitrogens is 1. The smallest absolute Gasteiger partial charge is 0.311 e. The van der Waals surface area contributed by atoms with Gasteiger partial charge in [-0.1, -0.05) is 93.6 Å². The van der Waals surface area contributed by atoms with Gasteiger partial charge >= 0.3 is 5.97 Å². The highest BCUT2D eigenvalue weighted by atomic mass is 16.6. The van der Waals surface area contributed by atoms with Crippen molar-refractivity contribution in [2.24, 2.45) is 30.7 Å². The van der Waals surface area contributed by atoms with Crippen LogP contribution in [0.3, 0.4) is 0 Å². The minimum Gasteiger partial charge on any atom is -0.427 e. The second-order valence-electron chi connectivity index (χ2n) is 20.5. The van der Waals surface area contributed by atoms with E-state index in [9.17, 15) is 28.8 Å². The molecule has 0 aliphatic carbocycles. The number of ether oxygens (including phenoxy) is 3. The number of carbonyl (C=O) groups is 6. The molecule has 2 aliphatic rings. The number of nitrogens with zero attached hydrogens (tertiary/aromatic N) is 4. The van der Waals surface area contributed by atoms with Gasteiger partial charge in [-0.05, 0) is 86.3 Å². The van der Waals surface area contributed by atoms with Crippen molar-refractivity contribution in [3.05, 3.63) is 114 Å². The first-order valence-electron chi connectivity index (χ1n) is 25.0. The van der Waals surface area contributed by atoms with Crippen molar-refractivity contribution < 1.29 is 47.5 Å². The number of esters is 1. The van der Waals surface area contributed by atoms with E-state index in [1.165, 1.54) is 0 Å². The molecule has 0 spiro atoms. The topological polar surface area (TPSA) is 188 Å². The number of aromatic nitrogens is 3. The summed E-state index contributed by atoms with van der Waals surface area (Å²) in [6.45, 7) is 12.9. The molecule has 2 saturated heterocycles. The maximum absolute atomic E-state index is 14.6. The number of aryl methyl sites for hydroxylation is 3. The molecule has 2 amide bonds. The normalized spacial score (nSPS) is 18.1. The molecule has 2 fully saturated rings. The molecule has 2 N–H and O–H groups in total. The number of Topliss-reactive ketones (excluding diaryl/α,β-unsaturated/α-hetero) is 3. The number of hydrogen-bond donors (Lipinski definition) is 2. The number of rotatable bonds is 28. The van der Waals surface area contributed by atoms with Crippen molar-refractivity contribution in [2.75, 3.05) is 39.5 Å². The van der Waals surface area contributed by atoms with Crippen LogP contribution in [0.5, 0.6) is 5.75 Å². The Balaban J connectivity index is 1.15. The van der Waals surface area contributed by atoms with Crippen LogP contribution in [-0.4, -0.2) is 112 Å². The van der Waals surface area contributed by atoms with E-state index in [0.717, 1.165) is 16.7 Å². The number of amides is 2. The molecular weight excluding hydrogens is 889 g/mol. The van der Waals surface area contributed by atoms with E-state index in [1.807, 2.05) is 100 Å². The van der Waals surface area contributed by atoms with Crippen LogP contribution in [-0.2, 0) is 71.1 Å². The average molecular weight is 962 g/mol. The lowest BCUT2D eigenvalue weighted by Crippen LogP contribution is -2.57. The molecule has 3 aromatic carbocycles. The lowest BCUT2D eigenvalue weighted by Gasteiger charge is -2.41. The highest BCUT2D eigenvalue weighted by molar-refractivity contribution is 5.98. The molecule has 0 bridgehead atoms. The second kappa shape index (κ2) is 25.3. The van der Waals surface area contributed by atoms with Crippen LogP contribution in [0, 0.1) is 23.7 Å². The monoisotopic (exact) mass is 962 g/mol. The van der Waals surface area contributed by atoms with Crippen molar-refractivity contribution in [1.29, 1.82) is 0 Å². The van der Waals surface area contributed by atoms with Gasteiger partial charge in [0.2, 0.25) is 11.8 Å². The first kappa shape index (κ1) is 53.5. The van der Waals surface area contributed by atoms with Crippen molar-refractivity contribution >= 4 is 35.1 Å². The first-order valence-corrected chi connectivity index (χ1v) is 25.0. The maximum atomic E-state index is 14.6. The van der Waals surface area contributed by atoms with Crippen molar-refractivity contribution in [3.63, 3.8) is 0 Å². The second-order valence-corrected chi connectivity index (χ2v) is 20.5. The van der Waals surface area contributed by atoms with Gasteiger partial charge in [0.25, 0.3) is 0 Å². The Morgan fingerprint density at radius 1 is 0.757 bits per heavy atom. The summed E-state index contributed by atoms with van der Waals surface area (Å²) in [5, 5.41) is 14.0. The van der Waals surface area contributed by atoms with E-state index in [1.54, 1.807) is 37.0 Å². The van der Waals surface area contributed by atoms with Gasteiger partial charge in [0.15, 0.2) is 17.3 Å². The Labute approximate surface area is 413 Å². The van der Waals surface area contributed by atoms with Crippen LogP contribution in [0.15, 0.2) is 91.1 Å². The summed E-state index contributed by atoms with van der Waals surface area (Å²) in [6, 6.07) is 25.0. The summed E-state index contributed by atoms with van der Waals surface area (Å²) < 4.78 is 18.9. The zero-order valence-electron chi connectivity index (χ0n) is 41.9. The molecule has 70 heavy (non-hydrogen) atoms. The molecule has 0 unspecified atom stereocenters. The van der Waals surface area contributed by atoms with Gasteiger partial charge in [-0.15, -0.1) is 5.10 Å². The van der Waals surface area contributed by atoms with Gasteiger partial charge in [0.1, 0.15) is 37.5 Å². The van der Waals surface area contributed by atoms with Crippen LogP contribution in [0.25, 0.3) is 0 Å². The van der Waals surface area contributed by atoms with E-state index in [0.29, 0.717) is 87.5 Å². The SMILES string of the molecule is CC(C)C[C@H](NC(=O)[C@H](CCc1ccccc1)CC(=O)C[N+]1(Cc2ccc(OC(=O)CCc3cn(C)nn3)cc2)CCOCC1)C(=O)C[C@@H](Cc1ccccc1)C(=O)N[C@@H](CC(C)C)C(=O)[C@@]1(C)CO1. The van der Waals surface area contributed by atoms with Gasteiger partial charge in [0, 0.05) is 49.9 Å². The lowest BCUT2D eigenvalue weighted by atomic mass is 9.87. The summed E-state index contributed by atoms with van der Waals surface area (Å²) in [4.78, 5) is 83.9. The standard InChI is InChI=1S/C55H72N6O9/c1-38(2)29-48(50(63)33-44(31-41-15-11-8-12-16-41)54(67)57-49(30-39(3)4)52(65)55(5)37-69-55)56-53(66)43(20-17-40-13-9-7-10-14-40)32-46(62)36-61(25-27-68-28-26-61)35-42-18-22-47(23-19-42)70-51(64)24-21-45-34-60(6)59-58-45/h7-16,18-19,22-23,34,38-39,43-44,48-49H,17,20-21,24-33,35-37H2,1-6H3,(H-,56,57,66,67)/p+1/t43-,44-,48+,49+,55-/m1/s1. The van der Waals surface area contributed by atoms with Crippen molar-refractivity contribution in [1.82, 2.24) is 25.6 Å². The average Bonchev–Trinajstić information content (AvgIpc) is 3.95. The van der Waals surface area contributed by atoms with Crippen LogP contribution >= 0.6 is 0 Å². The molecule has 4 aromatic rings. The Morgan fingerprint density at radius 2 is 1.36 bits per heavy atom. The first-order chi connectivity index (χ1) is 33.5. The predicted molar refractivity (Wildman–Crippen MR) is 264 cm³/mol. The van der Waals surface area contributed by atoms with E-state index < -0.39 is 35.4 Å². The highest BCUT2D eigenvalue weighted by Gasteiger charge is 2.50. The Morgan fingerprint density at radius 3 is 1.96 bits per heavy atom. The number of morpholine rings is 1. The van der Waals surface area contributed by atoms with Gasteiger partial charge < -0.3 is 29.3 Å². The number of nitrogens with one attached hydrogen (secondary N) is 2. The van der Waals surface area contributed by atoms with Crippen LogP contribution < -0.4 is 15.4 Å². The summed E-state index contributed by atoms with van der Waals surface area (Å²) in [6.07, 6.45) is 4.15. The lowest BCUT2D eigenvalue weighted by molar-refractivity contribution is -0.940. The highest BCUT2D eigenvalue weighted by Crippen LogP contribution is 2.30. The van der Waals surface area contributed by atoms with Crippen LogP contribution in [0.2, 0.25) is 0 Å². The summed E-state index contributed by atoms with van der Waals surface area (Å²) in [5.74, 6) is -2.64. The number of hydrogen-bond acceptors (Lipinski definition) is 11. The fraction of sp³-hybridized carbons (Fsp3) is 0.527.